The molecule has 0 aliphatic carbocycles. The Labute approximate surface area is 229 Å². The van der Waals surface area contributed by atoms with Crippen LogP contribution in [0, 0.1) is 20.8 Å². The molecular formula is C25H24F3N9O2S. The van der Waals surface area contributed by atoms with Gasteiger partial charge in [-0.3, -0.25) is 19.0 Å². The zero-order chi connectivity index (χ0) is 28.9. The Morgan fingerprint density at radius 2 is 1.85 bits per heavy atom. The third kappa shape index (κ3) is 4.83. The molecule has 3 N–H and O–H groups in total. The number of carbonyl (C=O) groups excluding carboxylic acids is 2. The first kappa shape index (κ1) is 27.1. The molecule has 11 nitrogen and oxygen atoms in total. The summed E-state index contributed by atoms with van der Waals surface area (Å²) in [5.41, 5.74) is 7.30. The Hall–Kier alpha value is -4.53. The van der Waals surface area contributed by atoms with Crippen molar-refractivity contribution >= 4 is 39.1 Å². The van der Waals surface area contributed by atoms with Crippen LogP contribution in [0.15, 0.2) is 30.6 Å². The van der Waals surface area contributed by atoms with E-state index >= 15 is 0 Å². The molecule has 0 aliphatic heterocycles. The van der Waals surface area contributed by atoms with Crippen molar-refractivity contribution in [3.8, 4) is 11.1 Å². The third-order valence-corrected chi connectivity index (χ3v) is 7.46. The molecule has 0 atom stereocenters. The van der Waals surface area contributed by atoms with E-state index < -0.39 is 23.7 Å². The van der Waals surface area contributed by atoms with E-state index in [-0.39, 0.29) is 38.7 Å². The third-order valence-electron chi connectivity index (χ3n) is 6.36. The van der Waals surface area contributed by atoms with Crippen molar-refractivity contribution in [2.75, 3.05) is 5.32 Å². The van der Waals surface area contributed by atoms with Gasteiger partial charge in [0.05, 0.1) is 17.6 Å². The lowest BCUT2D eigenvalue weighted by Crippen LogP contribution is -2.18. The molecular weight excluding hydrogens is 547 g/mol. The van der Waals surface area contributed by atoms with Crippen LogP contribution < -0.4 is 11.1 Å². The van der Waals surface area contributed by atoms with Gasteiger partial charge < -0.3 is 11.1 Å². The summed E-state index contributed by atoms with van der Waals surface area (Å²) < 4.78 is 46.3. The van der Waals surface area contributed by atoms with Crippen LogP contribution in [-0.4, -0.2) is 46.1 Å². The summed E-state index contributed by atoms with van der Waals surface area (Å²) >= 11 is 0.673. The van der Waals surface area contributed by atoms with E-state index in [9.17, 15) is 22.8 Å². The number of primary amides is 1. The summed E-state index contributed by atoms with van der Waals surface area (Å²) in [5.74, 6) is -1.60. The summed E-state index contributed by atoms with van der Waals surface area (Å²) in [5, 5.41) is 15.7. The molecule has 0 unspecified atom stereocenters. The van der Waals surface area contributed by atoms with Crippen LogP contribution in [0.25, 0.3) is 21.3 Å². The highest BCUT2D eigenvalue weighted by Gasteiger charge is 2.35. The van der Waals surface area contributed by atoms with Crippen molar-refractivity contribution < 1.29 is 22.8 Å². The second-order valence-corrected chi connectivity index (χ2v) is 10.1. The molecule has 0 bridgehead atoms. The summed E-state index contributed by atoms with van der Waals surface area (Å²) in [7, 11) is 0. The monoisotopic (exact) mass is 571 g/mol. The van der Waals surface area contributed by atoms with Crippen LogP contribution in [0.4, 0.5) is 18.9 Å². The molecule has 40 heavy (non-hydrogen) atoms. The number of carbonyl (C=O) groups is 2. The molecule has 5 rings (SSSR count). The van der Waals surface area contributed by atoms with E-state index in [1.807, 2.05) is 26.8 Å². The summed E-state index contributed by atoms with van der Waals surface area (Å²) in [6.45, 7) is 8.08. The molecule has 0 aliphatic rings. The normalized spacial score (nSPS) is 11.9. The minimum absolute atomic E-state index is 0.0210. The molecule has 0 radical (unpaired) electrons. The van der Waals surface area contributed by atoms with Crippen molar-refractivity contribution in [2.45, 2.75) is 47.1 Å². The van der Waals surface area contributed by atoms with E-state index in [2.05, 4.69) is 25.6 Å². The van der Waals surface area contributed by atoms with Gasteiger partial charge in [0.1, 0.15) is 22.1 Å². The average molecular weight is 572 g/mol. The molecule has 2 amide bonds. The number of aromatic nitrogens is 7. The van der Waals surface area contributed by atoms with Crippen molar-refractivity contribution in [1.29, 1.82) is 0 Å². The van der Waals surface area contributed by atoms with Crippen LogP contribution in [0.2, 0.25) is 0 Å². The number of thiophene rings is 1. The maximum atomic E-state index is 13.8. The Morgan fingerprint density at radius 1 is 1.10 bits per heavy atom. The lowest BCUT2D eigenvalue weighted by molar-refractivity contribution is -0.140. The van der Waals surface area contributed by atoms with Crippen LogP contribution in [0.5, 0.6) is 0 Å². The molecule has 5 heterocycles. The predicted octanol–water partition coefficient (Wildman–Crippen LogP) is 4.37. The molecule has 0 saturated carbocycles. The first-order valence-corrected chi connectivity index (χ1v) is 12.9. The number of hydrogen-bond donors (Lipinski definition) is 2. The second-order valence-electron chi connectivity index (χ2n) is 9.13. The number of nitrogens with two attached hydrogens (primary N) is 1. The highest BCUT2D eigenvalue weighted by atomic mass is 32.1. The van der Waals surface area contributed by atoms with E-state index in [1.54, 1.807) is 22.5 Å². The Bertz CT molecular complexity index is 1780. The van der Waals surface area contributed by atoms with Gasteiger partial charge in [-0.15, -0.1) is 11.3 Å². The van der Waals surface area contributed by atoms with Crippen molar-refractivity contribution in [3.05, 3.63) is 63.9 Å². The predicted molar refractivity (Wildman–Crippen MR) is 142 cm³/mol. The zero-order valence-corrected chi connectivity index (χ0v) is 22.7. The SMILES string of the molecule is CCn1ncc(-c2cc(C(F)(F)F)nc3sc(C(N)=O)c(NC(=O)c4ccn(Cn5nc(C)cc5C)n4)c23)c1C. The number of nitrogens with one attached hydrogen (secondary N) is 1. The fourth-order valence-electron chi connectivity index (χ4n) is 4.47. The molecule has 0 fully saturated rings. The van der Waals surface area contributed by atoms with Crippen LogP contribution >= 0.6 is 11.3 Å². The number of amides is 2. The molecule has 15 heteroatoms. The Kier molecular flexibility index (Phi) is 6.69. The standard InChI is InChI=1S/C25H24F3N9O2S/c1-5-36-14(4)16(10-30-36)15-9-18(25(26,27)28)31-24-19(15)20(21(40-24)22(29)38)32-23(39)17-6-7-35(34-17)11-37-13(3)8-12(2)33-37/h6-10H,5,11H2,1-4H3,(H2,29,38)(H,32,39). The van der Waals surface area contributed by atoms with Crippen LogP contribution in [0.3, 0.4) is 0 Å². The summed E-state index contributed by atoms with van der Waals surface area (Å²) in [6.07, 6.45) is -1.71. The average Bonchev–Trinajstić information content (AvgIpc) is 3.65. The van der Waals surface area contributed by atoms with Crippen LogP contribution in [-0.2, 0) is 19.4 Å². The number of anilines is 1. The number of nitrogens with zero attached hydrogens (tertiary/aromatic N) is 7. The molecule has 0 saturated heterocycles. The second kappa shape index (κ2) is 9.89. The fraction of sp³-hybridized carbons (Fsp3) is 0.280. The number of alkyl halides is 3. The van der Waals surface area contributed by atoms with Gasteiger partial charge in [-0.25, -0.2) is 9.67 Å². The lowest BCUT2D eigenvalue weighted by atomic mass is 10.0. The van der Waals surface area contributed by atoms with Gasteiger partial charge in [0, 0.05) is 35.1 Å². The molecule has 208 valence electrons. The molecule has 5 aromatic heterocycles. The summed E-state index contributed by atoms with van der Waals surface area (Å²) in [4.78, 5) is 29.2. The highest BCUT2D eigenvalue weighted by molar-refractivity contribution is 7.21. The number of halogens is 3. The lowest BCUT2D eigenvalue weighted by Gasteiger charge is -2.12. The number of hydrogen-bond acceptors (Lipinski definition) is 7. The van der Waals surface area contributed by atoms with E-state index in [4.69, 9.17) is 5.73 Å². The van der Waals surface area contributed by atoms with Gasteiger partial charge >= 0.3 is 6.18 Å². The molecule has 5 aromatic rings. The van der Waals surface area contributed by atoms with Crippen molar-refractivity contribution in [2.24, 2.45) is 5.73 Å². The zero-order valence-electron chi connectivity index (χ0n) is 21.9. The molecule has 0 spiro atoms. The van der Waals surface area contributed by atoms with Crippen molar-refractivity contribution in [1.82, 2.24) is 34.3 Å². The Morgan fingerprint density at radius 3 is 2.45 bits per heavy atom. The number of aryl methyl sites for hydroxylation is 3. The topological polar surface area (TPSA) is 139 Å². The largest absolute Gasteiger partial charge is 0.433 e. The number of fused-ring (bicyclic) bond motifs is 1. The molecule has 0 aromatic carbocycles. The number of rotatable bonds is 7. The van der Waals surface area contributed by atoms with Gasteiger partial charge in [0.15, 0.2) is 5.69 Å². The van der Waals surface area contributed by atoms with E-state index in [0.717, 1.165) is 17.5 Å². The van der Waals surface area contributed by atoms with Gasteiger partial charge in [0.25, 0.3) is 11.8 Å². The van der Waals surface area contributed by atoms with Gasteiger partial charge in [-0.2, -0.15) is 28.5 Å². The van der Waals surface area contributed by atoms with E-state index in [1.165, 1.54) is 16.9 Å². The van der Waals surface area contributed by atoms with Crippen LogP contribution in [0.1, 0.15) is 49.9 Å². The van der Waals surface area contributed by atoms with Gasteiger partial charge in [-0.05, 0) is 51.5 Å². The maximum Gasteiger partial charge on any atom is 0.433 e. The maximum absolute atomic E-state index is 13.8. The van der Waals surface area contributed by atoms with E-state index in [0.29, 0.717) is 29.1 Å². The van der Waals surface area contributed by atoms with Gasteiger partial charge in [-0.1, -0.05) is 0 Å². The van der Waals surface area contributed by atoms with Gasteiger partial charge in [0.2, 0.25) is 0 Å². The summed E-state index contributed by atoms with van der Waals surface area (Å²) in [6, 6.07) is 4.28. The first-order valence-electron chi connectivity index (χ1n) is 12.1. The quantitative estimate of drug-likeness (QED) is 0.297. The first-order chi connectivity index (χ1) is 18.9. The minimum atomic E-state index is -4.75. The Balaban J connectivity index is 1.60. The smallest absolute Gasteiger partial charge is 0.365 e. The minimum Gasteiger partial charge on any atom is -0.365 e. The number of pyridine rings is 1. The highest BCUT2D eigenvalue weighted by Crippen LogP contribution is 2.44. The fourth-order valence-corrected chi connectivity index (χ4v) is 5.48. The van der Waals surface area contributed by atoms with Crippen molar-refractivity contribution in [3.63, 3.8) is 0 Å².